The number of rotatable bonds is 3. The molecule has 1 aromatic rings. The molecule has 0 saturated heterocycles. The van der Waals surface area contributed by atoms with E-state index in [1.807, 2.05) is 0 Å². The summed E-state index contributed by atoms with van der Waals surface area (Å²) in [4.78, 5) is 3.79. The Hall–Kier alpha value is -1.64. The highest BCUT2D eigenvalue weighted by atomic mass is 16.5. The standard InChI is InChI=1S/C9H10N2O3/c1-14-7-2-6(4-11-5-7)9(13)8(12)3-10/h2,4-5,8-9,12-13H,1H3. The van der Waals surface area contributed by atoms with E-state index in [9.17, 15) is 5.11 Å². The first kappa shape index (κ1) is 10.4. The van der Waals surface area contributed by atoms with Crippen LogP contribution in [-0.4, -0.2) is 28.4 Å². The van der Waals surface area contributed by atoms with Gasteiger partial charge in [-0.25, -0.2) is 0 Å². The first-order chi connectivity index (χ1) is 6.69. The van der Waals surface area contributed by atoms with Crippen LogP contribution in [0.2, 0.25) is 0 Å². The van der Waals surface area contributed by atoms with Crippen molar-refractivity contribution in [3.63, 3.8) is 0 Å². The molecular formula is C9H10N2O3. The van der Waals surface area contributed by atoms with E-state index in [-0.39, 0.29) is 0 Å². The minimum Gasteiger partial charge on any atom is -0.495 e. The van der Waals surface area contributed by atoms with E-state index in [2.05, 4.69) is 4.98 Å². The molecule has 0 saturated carbocycles. The number of aliphatic hydroxyl groups is 2. The van der Waals surface area contributed by atoms with E-state index < -0.39 is 12.2 Å². The minimum absolute atomic E-state index is 0.346. The first-order valence-electron chi connectivity index (χ1n) is 3.93. The molecule has 0 aliphatic rings. The summed E-state index contributed by atoms with van der Waals surface area (Å²) in [6.07, 6.45) is 0.120. The van der Waals surface area contributed by atoms with Gasteiger partial charge in [-0.05, 0) is 6.07 Å². The Morgan fingerprint density at radius 1 is 1.50 bits per heavy atom. The molecule has 1 rings (SSSR count). The fourth-order valence-electron chi connectivity index (χ4n) is 0.962. The van der Waals surface area contributed by atoms with E-state index in [0.717, 1.165) is 0 Å². The summed E-state index contributed by atoms with van der Waals surface area (Å²) in [7, 11) is 1.47. The molecule has 2 unspecified atom stereocenters. The quantitative estimate of drug-likeness (QED) is 0.662. The largest absolute Gasteiger partial charge is 0.495 e. The molecular weight excluding hydrogens is 184 g/mol. The second-order valence-electron chi connectivity index (χ2n) is 2.68. The van der Waals surface area contributed by atoms with Crippen molar-refractivity contribution in [2.24, 2.45) is 0 Å². The number of pyridine rings is 1. The number of hydrogen-bond donors (Lipinski definition) is 2. The lowest BCUT2D eigenvalue weighted by atomic mass is 10.1. The Labute approximate surface area is 81.2 Å². The topological polar surface area (TPSA) is 86.4 Å². The Balaban J connectivity index is 2.90. The second-order valence-corrected chi connectivity index (χ2v) is 2.68. The van der Waals surface area contributed by atoms with Crippen molar-refractivity contribution in [2.75, 3.05) is 7.11 Å². The van der Waals surface area contributed by atoms with Gasteiger partial charge < -0.3 is 14.9 Å². The van der Waals surface area contributed by atoms with Gasteiger partial charge >= 0.3 is 0 Å². The Bertz CT molecular complexity index is 348. The third-order valence-electron chi connectivity index (χ3n) is 1.74. The molecule has 0 bridgehead atoms. The maximum Gasteiger partial charge on any atom is 0.170 e. The van der Waals surface area contributed by atoms with Gasteiger partial charge in [0.1, 0.15) is 11.9 Å². The molecule has 2 N–H and O–H groups in total. The van der Waals surface area contributed by atoms with Crippen molar-refractivity contribution in [1.82, 2.24) is 4.98 Å². The highest BCUT2D eigenvalue weighted by molar-refractivity contribution is 5.26. The lowest BCUT2D eigenvalue weighted by molar-refractivity contribution is 0.0524. The van der Waals surface area contributed by atoms with Crippen molar-refractivity contribution in [3.8, 4) is 11.8 Å². The van der Waals surface area contributed by atoms with Gasteiger partial charge in [0, 0.05) is 11.8 Å². The summed E-state index contributed by atoms with van der Waals surface area (Å²) in [5, 5.41) is 26.9. The number of aromatic nitrogens is 1. The van der Waals surface area contributed by atoms with Gasteiger partial charge in [0.2, 0.25) is 0 Å². The third-order valence-corrected chi connectivity index (χ3v) is 1.74. The van der Waals surface area contributed by atoms with E-state index >= 15 is 0 Å². The summed E-state index contributed by atoms with van der Waals surface area (Å²) in [5.74, 6) is 0.465. The van der Waals surface area contributed by atoms with Crippen LogP contribution in [0.25, 0.3) is 0 Å². The van der Waals surface area contributed by atoms with Gasteiger partial charge in [-0.3, -0.25) is 4.98 Å². The molecule has 74 valence electrons. The molecule has 0 aliphatic carbocycles. The maximum absolute atomic E-state index is 9.44. The Kier molecular flexibility index (Phi) is 3.40. The van der Waals surface area contributed by atoms with Crippen molar-refractivity contribution in [2.45, 2.75) is 12.2 Å². The monoisotopic (exact) mass is 194 g/mol. The van der Waals surface area contributed by atoms with Crippen LogP contribution in [-0.2, 0) is 0 Å². The smallest absolute Gasteiger partial charge is 0.170 e. The molecule has 0 spiro atoms. The number of hydrogen-bond acceptors (Lipinski definition) is 5. The summed E-state index contributed by atoms with van der Waals surface area (Å²) in [5.41, 5.74) is 0.346. The van der Waals surface area contributed by atoms with Crippen LogP contribution in [0.1, 0.15) is 11.7 Å². The molecule has 5 heteroatoms. The lowest BCUT2D eigenvalue weighted by Gasteiger charge is -2.11. The summed E-state index contributed by atoms with van der Waals surface area (Å²) < 4.78 is 4.88. The predicted molar refractivity (Wildman–Crippen MR) is 47.4 cm³/mol. The zero-order valence-electron chi connectivity index (χ0n) is 7.58. The van der Waals surface area contributed by atoms with Crippen LogP contribution < -0.4 is 4.74 Å². The average molecular weight is 194 g/mol. The van der Waals surface area contributed by atoms with Crippen molar-refractivity contribution < 1.29 is 14.9 Å². The van der Waals surface area contributed by atoms with Gasteiger partial charge in [0.25, 0.3) is 0 Å². The van der Waals surface area contributed by atoms with Crippen molar-refractivity contribution >= 4 is 0 Å². The van der Waals surface area contributed by atoms with Gasteiger partial charge in [-0.15, -0.1) is 0 Å². The summed E-state index contributed by atoms with van der Waals surface area (Å²) in [6, 6.07) is 3.05. The third kappa shape index (κ3) is 2.19. The van der Waals surface area contributed by atoms with Crippen molar-refractivity contribution in [3.05, 3.63) is 24.0 Å². The van der Waals surface area contributed by atoms with Crippen LogP contribution in [0.3, 0.4) is 0 Å². The fraction of sp³-hybridized carbons (Fsp3) is 0.333. The molecule has 1 aromatic heterocycles. The van der Waals surface area contributed by atoms with E-state index in [1.165, 1.54) is 31.6 Å². The highest BCUT2D eigenvalue weighted by Gasteiger charge is 2.18. The number of ether oxygens (including phenoxy) is 1. The van der Waals surface area contributed by atoms with Crippen LogP contribution in [0, 0.1) is 11.3 Å². The van der Waals surface area contributed by atoms with Gasteiger partial charge in [-0.1, -0.05) is 0 Å². The SMILES string of the molecule is COc1cncc(C(O)C(O)C#N)c1. The number of methoxy groups -OCH3 is 1. The molecule has 5 nitrogen and oxygen atoms in total. The van der Waals surface area contributed by atoms with Crippen LogP contribution in [0.4, 0.5) is 0 Å². The predicted octanol–water partition coefficient (Wildman–Crippen LogP) is 0.00808. The zero-order valence-corrected chi connectivity index (χ0v) is 7.58. The normalized spacial score (nSPS) is 14.1. The molecule has 0 aliphatic heterocycles. The van der Waals surface area contributed by atoms with E-state index in [4.69, 9.17) is 15.1 Å². The van der Waals surface area contributed by atoms with Crippen LogP contribution >= 0.6 is 0 Å². The molecule has 14 heavy (non-hydrogen) atoms. The zero-order chi connectivity index (χ0) is 10.6. The molecule has 2 atom stereocenters. The summed E-state index contributed by atoms with van der Waals surface area (Å²) >= 11 is 0. The van der Waals surface area contributed by atoms with Crippen LogP contribution in [0.15, 0.2) is 18.5 Å². The van der Waals surface area contributed by atoms with Gasteiger partial charge in [-0.2, -0.15) is 5.26 Å². The fourth-order valence-corrected chi connectivity index (χ4v) is 0.962. The second kappa shape index (κ2) is 4.56. The highest BCUT2D eigenvalue weighted by Crippen LogP contribution is 2.19. The van der Waals surface area contributed by atoms with E-state index in [0.29, 0.717) is 11.3 Å². The molecule has 0 radical (unpaired) electrons. The van der Waals surface area contributed by atoms with Crippen molar-refractivity contribution in [1.29, 1.82) is 5.26 Å². The molecule has 1 heterocycles. The maximum atomic E-state index is 9.44. The first-order valence-corrected chi connectivity index (χ1v) is 3.93. The van der Waals surface area contributed by atoms with Gasteiger partial charge in [0.05, 0.1) is 19.4 Å². The van der Waals surface area contributed by atoms with Crippen LogP contribution in [0.5, 0.6) is 5.75 Å². The lowest BCUT2D eigenvalue weighted by Crippen LogP contribution is -2.15. The molecule has 0 aromatic carbocycles. The molecule has 0 amide bonds. The minimum atomic E-state index is -1.45. The molecule has 0 fully saturated rings. The summed E-state index contributed by atoms with van der Waals surface area (Å²) in [6.45, 7) is 0. The van der Waals surface area contributed by atoms with E-state index in [1.54, 1.807) is 0 Å². The average Bonchev–Trinajstić information content (AvgIpc) is 2.27. The number of nitriles is 1. The van der Waals surface area contributed by atoms with Gasteiger partial charge in [0.15, 0.2) is 6.10 Å². The number of aliphatic hydroxyl groups excluding tert-OH is 2. The Morgan fingerprint density at radius 3 is 2.79 bits per heavy atom. The number of nitrogens with zero attached hydrogens (tertiary/aromatic N) is 2. The Morgan fingerprint density at radius 2 is 2.21 bits per heavy atom.